The fraction of sp³-hybridized carbons (Fsp3) is 0.828. The average molecular weight is 540 g/mol. The van der Waals surface area contributed by atoms with Crippen molar-refractivity contribution in [1.82, 2.24) is 4.90 Å². The summed E-state index contributed by atoms with van der Waals surface area (Å²) in [7, 11) is 0. The van der Waals surface area contributed by atoms with E-state index in [1.165, 1.54) is 0 Å². The van der Waals surface area contributed by atoms with Gasteiger partial charge in [-0.15, -0.1) is 0 Å². The molecule has 38 heavy (non-hydrogen) atoms. The van der Waals surface area contributed by atoms with Crippen molar-refractivity contribution >= 4 is 18.2 Å². The predicted octanol–water partition coefficient (Wildman–Crippen LogP) is 6.32. The van der Waals surface area contributed by atoms with Crippen LogP contribution in [0.4, 0.5) is 9.59 Å². The van der Waals surface area contributed by atoms with Gasteiger partial charge in [-0.25, -0.2) is 14.4 Å². The van der Waals surface area contributed by atoms with E-state index >= 15 is 0 Å². The van der Waals surface area contributed by atoms with E-state index in [0.29, 0.717) is 19.4 Å². The molecule has 0 saturated carbocycles. The summed E-state index contributed by atoms with van der Waals surface area (Å²) in [5.74, 6) is -0.698. The van der Waals surface area contributed by atoms with E-state index in [0.717, 1.165) is 37.0 Å². The summed E-state index contributed by atoms with van der Waals surface area (Å²) in [5, 5.41) is 0. The van der Waals surface area contributed by atoms with Crippen LogP contribution >= 0.6 is 0 Å². The molecule has 1 aliphatic heterocycles. The Morgan fingerprint density at radius 1 is 1.00 bits per heavy atom. The summed E-state index contributed by atoms with van der Waals surface area (Å²) in [6.45, 7) is 14.7. The molecule has 2 amide bonds. The number of carbonyl (C=O) groups is 3. The molecule has 1 fully saturated rings. The Balaban J connectivity index is 2.32. The van der Waals surface area contributed by atoms with Crippen molar-refractivity contribution < 1.29 is 38.1 Å². The largest absolute Gasteiger partial charge is 0.458 e. The molecule has 0 aromatic rings. The highest BCUT2D eigenvalue weighted by atomic mass is 16.6. The van der Waals surface area contributed by atoms with Crippen LogP contribution in [0.2, 0.25) is 0 Å². The second kappa shape index (κ2) is 14.3. The minimum Gasteiger partial charge on any atom is -0.458 e. The fourth-order valence-electron chi connectivity index (χ4n) is 4.49. The number of imide groups is 1. The van der Waals surface area contributed by atoms with Gasteiger partial charge < -0.3 is 23.7 Å². The maximum atomic E-state index is 13.5. The van der Waals surface area contributed by atoms with E-state index < -0.39 is 47.6 Å². The van der Waals surface area contributed by atoms with Crippen molar-refractivity contribution in [3.05, 3.63) is 12.2 Å². The van der Waals surface area contributed by atoms with E-state index in [2.05, 4.69) is 13.0 Å². The third kappa shape index (κ3) is 10.6. The van der Waals surface area contributed by atoms with Crippen LogP contribution in [-0.2, 0) is 28.5 Å². The van der Waals surface area contributed by atoms with Gasteiger partial charge in [0.25, 0.3) is 0 Å². The third-order valence-electron chi connectivity index (χ3n) is 6.24. The molecule has 0 bridgehead atoms. The molecule has 1 aliphatic carbocycles. The van der Waals surface area contributed by atoms with E-state index in [1.807, 2.05) is 6.08 Å². The Morgan fingerprint density at radius 2 is 1.63 bits per heavy atom. The summed E-state index contributed by atoms with van der Waals surface area (Å²) >= 11 is 0. The van der Waals surface area contributed by atoms with E-state index in [4.69, 9.17) is 23.7 Å². The quantitative estimate of drug-likeness (QED) is 0.153. The highest BCUT2D eigenvalue weighted by Crippen LogP contribution is 2.28. The highest BCUT2D eigenvalue weighted by molar-refractivity contribution is 5.94. The zero-order valence-corrected chi connectivity index (χ0v) is 24.6. The Kier molecular flexibility index (Phi) is 12.1. The second-order valence-corrected chi connectivity index (χ2v) is 12.2. The van der Waals surface area contributed by atoms with Crippen LogP contribution in [0.25, 0.3) is 0 Å². The van der Waals surface area contributed by atoms with Crippen LogP contribution in [0.1, 0.15) is 107 Å². The number of carbonyl (C=O) groups excluding carboxylic acids is 3. The first-order valence-electron chi connectivity index (χ1n) is 14.1. The molecule has 2 aliphatic rings. The summed E-state index contributed by atoms with van der Waals surface area (Å²) in [6, 6.07) is -1.20. The summed E-state index contributed by atoms with van der Waals surface area (Å²) in [5.41, 5.74) is -1.75. The Labute approximate surface area is 228 Å². The SMILES string of the molecule is CCCCCO[C@H]1CCC[C@H](N(C(=O)OC(C)(C)C)C(=O)OC(C)(C)C)C(=O)O[C@@H](C)[C@@H]1OC1C=CCC1. The number of cyclic esters (lactones) is 1. The van der Waals surface area contributed by atoms with Gasteiger partial charge in [-0.2, -0.15) is 4.90 Å². The topological polar surface area (TPSA) is 101 Å². The molecule has 5 atom stereocenters. The Hall–Kier alpha value is -2.13. The van der Waals surface area contributed by atoms with E-state index in [-0.39, 0.29) is 18.6 Å². The lowest BCUT2D eigenvalue weighted by atomic mass is 10.0. The molecule has 1 saturated heterocycles. The molecule has 0 aromatic heterocycles. The maximum Gasteiger partial charge on any atom is 0.420 e. The normalized spacial score (nSPS) is 26.6. The lowest BCUT2D eigenvalue weighted by Gasteiger charge is -2.34. The van der Waals surface area contributed by atoms with Crippen LogP contribution in [-0.4, -0.2) is 71.3 Å². The van der Waals surface area contributed by atoms with Crippen LogP contribution in [0.5, 0.6) is 0 Å². The van der Waals surface area contributed by atoms with Crippen molar-refractivity contribution in [3.63, 3.8) is 0 Å². The van der Waals surface area contributed by atoms with Gasteiger partial charge in [-0.05, 0) is 87.0 Å². The van der Waals surface area contributed by atoms with Crippen LogP contribution < -0.4 is 0 Å². The zero-order valence-electron chi connectivity index (χ0n) is 24.6. The number of amides is 2. The number of esters is 1. The van der Waals surface area contributed by atoms with Gasteiger partial charge in [-0.3, -0.25) is 0 Å². The van der Waals surface area contributed by atoms with Gasteiger partial charge in [-0.1, -0.05) is 31.9 Å². The van der Waals surface area contributed by atoms with Gasteiger partial charge >= 0.3 is 18.2 Å². The average Bonchev–Trinajstić information content (AvgIpc) is 3.29. The van der Waals surface area contributed by atoms with Crippen LogP contribution in [0.15, 0.2) is 12.2 Å². The summed E-state index contributed by atoms with van der Waals surface area (Å²) in [6.07, 6.45) is 6.90. The first-order valence-corrected chi connectivity index (χ1v) is 14.1. The molecule has 0 aromatic carbocycles. The number of hydrogen-bond donors (Lipinski definition) is 0. The van der Waals surface area contributed by atoms with Crippen molar-refractivity contribution in [1.29, 1.82) is 0 Å². The van der Waals surface area contributed by atoms with Gasteiger partial charge in [0, 0.05) is 6.61 Å². The van der Waals surface area contributed by atoms with Crippen molar-refractivity contribution in [3.8, 4) is 0 Å². The molecular weight excluding hydrogens is 490 g/mol. The fourth-order valence-corrected chi connectivity index (χ4v) is 4.49. The standard InChI is InChI=1S/C29H49NO8/c1-9-10-13-19-34-23-18-14-17-22(25(31)35-20(2)24(23)36-21-15-11-12-16-21)30(26(32)37-28(3,4)5)27(33)38-29(6,7)8/h11,15,20-24H,9-10,12-14,16-19H2,1-8H3/t20-,21?,22-,23-,24-/m0/s1. The van der Waals surface area contributed by atoms with Gasteiger partial charge in [0.1, 0.15) is 29.5 Å². The van der Waals surface area contributed by atoms with Crippen molar-refractivity contribution in [2.45, 2.75) is 148 Å². The Bertz CT molecular complexity index is 784. The monoisotopic (exact) mass is 539 g/mol. The molecular formula is C29H49NO8. The highest BCUT2D eigenvalue weighted by Gasteiger charge is 2.44. The summed E-state index contributed by atoms with van der Waals surface area (Å²) in [4.78, 5) is 40.7. The van der Waals surface area contributed by atoms with Crippen molar-refractivity contribution in [2.24, 2.45) is 0 Å². The van der Waals surface area contributed by atoms with Gasteiger partial charge in [0.2, 0.25) is 0 Å². The molecule has 0 spiro atoms. The zero-order chi connectivity index (χ0) is 28.5. The molecule has 0 radical (unpaired) electrons. The van der Waals surface area contributed by atoms with E-state index in [9.17, 15) is 14.4 Å². The van der Waals surface area contributed by atoms with Gasteiger partial charge in [0.05, 0.1) is 12.2 Å². The summed E-state index contributed by atoms with van der Waals surface area (Å²) < 4.78 is 29.6. The predicted molar refractivity (Wildman–Crippen MR) is 144 cm³/mol. The molecule has 218 valence electrons. The lowest BCUT2D eigenvalue weighted by Crippen LogP contribution is -2.53. The minimum absolute atomic E-state index is 0.0699. The smallest absolute Gasteiger partial charge is 0.420 e. The Morgan fingerprint density at radius 3 is 2.16 bits per heavy atom. The van der Waals surface area contributed by atoms with Crippen LogP contribution in [0.3, 0.4) is 0 Å². The number of nitrogens with zero attached hydrogens (tertiary/aromatic N) is 1. The van der Waals surface area contributed by atoms with Crippen LogP contribution in [0, 0.1) is 0 Å². The maximum absolute atomic E-state index is 13.5. The molecule has 0 N–H and O–H groups in total. The second-order valence-electron chi connectivity index (χ2n) is 12.2. The number of unbranched alkanes of at least 4 members (excludes halogenated alkanes) is 2. The first-order chi connectivity index (χ1) is 17.7. The van der Waals surface area contributed by atoms with Crippen molar-refractivity contribution in [2.75, 3.05) is 6.61 Å². The van der Waals surface area contributed by atoms with E-state index in [1.54, 1.807) is 48.5 Å². The number of hydrogen-bond acceptors (Lipinski definition) is 8. The molecule has 9 heteroatoms. The number of ether oxygens (including phenoxy) is 5. The minimum atomic E-state index is -1.20. The van der Waals surface area contributed by atoms with Gasteiger partial charge in [0.15, 0.2) is 0 Å². The molecule has 9 nitrogen and oxygen atoms in total. The third-order valence-corrected chi connectivity index (χ3v) is 6.24. The molecule has 1 heterocycles. The lowest BCUT2D eigenvalue weighted by molar-refractivity contribution is -0.174. The molecule has 1 unspecified atom stereocenters. The number of allylic oxidation sites excluding steroid dienone is 1. The first kappa shape index (κ1) is 32.1. The number of rotatable bonds is 8. The molecule has 2 rings (SSSR count).